The first-order chi connectivity index (χ1) is 7.04. The van der Waals surface area contributed by atoms with Crippen molar-refractivity contribution < 1.29 is 14.6 Å². The number of phenolic OH excluding ortho intramolecular Hbond substituents is 1. The molecule has 3 heteroatoms. The topological polar surface area (TPSA) is 46.5 Å². The predicted molar refractivity (Wildman–Crippen MR) is 57.9 cm³/mol. The van der Waals surface area contributed by atoms with Gasteiger partial charge in [-0.25, -0.2) is 0 Å². The Bertz CT molecular complexity index is 369. The summed E-state index contributed by atoms with van der Waals surface area (Å²) in [5.41, 5.74) is 2.83. The highest BCUT2D eigenvalue weighted by molar-refractivity contribution is 5.73. The van der Waals surface area contributed by atoms with Gasteiger partial charge in [-0.3, -0.25) is 4.79 Å². The molecular weight excluding hydrogens is 192 g/mol. The number of carbonyl (C=O) groups is 1. The Hall–Kier alpha value is -1.51. The van der Waals surface area contributed by atoms with Gasteiger partial charge in [-0.2, -0.15) is 0 Å². The second-order valence-corrected chi connectivity index (χ2v) is 3.53. The van der Waals surface area contributed by atoms with Gasteiger partial charge in [0.1, 0.15) is 5.75 Å². The minimum absolute atomic E-state index is 0.192. The van der Waals surface area contributed by atoms with Crippen molar-refractivity contribution in [3.63, 3.8) is 0 Å². The van der Waals surface area contributed by atoms with Gasteiger partial charge in [0, 0.05) is 0 Å². The lowest BCUT2D eigenvalue weighted by molar-refractivity contribution is -0.142. The van der Waals surface area contributed by atoms with E-state index in [9.17, 15) is 9.90 Å². The molecule has 0 aliphatic heterocycles. The van der Waals surface area contributed by atoms with Crippen LogP contribution in [0.5, 0.6) is 5.75 Å². The van der Waals surface area contributed by atoms with Crippen LogP contribution < -0.4 is 0 Å². The normalized spacial score (nSPS) is 10.1. The maximum atomic E-state index is 11.3. The summed E-state index contributed by atoms with van der Waals surface area (Å²) in [6, 6.07) is 3.29. The standard InChI is InChI=1S/C12H16O3/c1-4-15-12(14)7-10-6-11(13)5-8(2)9(10)3/h5-6,13H,4,7H2,1-3H3. The van der Waals surface area contributed by atoms with Crippen molar-refractivity contribution in [1.29, 1.82) is 0 Å². The van der Waals surface area contributed by atoms with Crippen molar-refractivity contribution in [2.75, 3.05) is 6.61 Å². The van der Waals surface area contributed by atoms with E-state index >= 15 is 0 Å². The highest BCUT2D eigenvalue weighted by atomic mass is 16.5. The molecule has 0 spiro atoms. The van der Waals surface area contributed by atoms with Crippen molar-refractivity contribution in [2.24, 2.45) is 0 Å². The third-order valence-corrected chi connectivity index (χ3v) is 2.40. The molecule has 0 bridgehead atoms. The summed E-state index contributed by atoms with van der Waals surface area (Å²) in [6.45, 7) is 6.00. The van der Waals surface area contributed by atoms with Crippen LogP contribution in [0.3, 0.4) is 0 Å². The first kappa shape index (κ1) is 11.6. The van der Waals surface area contributed by atoms with E-state index in [0.29, 0.717) is 6.61 Å². The summed E-state index contributed by atoms with van der Waals surface area (Å²) in [6.07, 6.45) is 0.217. The molecule has 0 aromatic heterocycles. The number of aryl methyl sites for hydroxylation is 1. The van der Waals surface area contributed by atoms with E-state index in [1.807, 2.05) is 13.8 Å². The van der Waals surface area contributed by atoms with Gasteiger partial charge in [-0.05, 0) is 49.6 Å². The fourth-order valence-corrected chi connectivity index (χ4v) is 1.46. The lowest BCUT2D eigenvalue weighted by Gasteiger charge is -2.09. The van der Waals surface area contributed by atoms with E-state index in [4.69, 9.17) is 4.74 Å². The van der Waals surface area contributed by atoms with Gasteiger partial charge >= 0.3 is 5.97 Å². The summed E-state index contributed by atoms with van der Waals surface area (Å²) in [4.78, 5) is 11.3. The summed E-state index contributed by atoms with van der Waals surface area (Å²) in [5.74, 6) is -0.0667. The molecule has 0 fully saturated rings. The number of phenols is 1. The highest BCUT2D eigenvalue weighted by Crippen LogP contribution is 2.21. The summed E-state index contributed by atoms with van der Waals surface area (Å²) in [7, 11) is 0. The van der Waals surface area contributed by atoms with Gasteiger partial charge in [-0.15, -0.1) is 0 Å². The van der Waals surface area contributed by atoms with Crippen LogP contribution in [0, 0.1) is 13.8 Å². The van der Waals surface area contributed by atoms with Crippen LogP contribution in [-0.4, -0.2) is 17.7 Å². The van der Waals surface area contributed by atoms with Crippen LogP contribution in [0.15, 0.2) is 12.1 Å². The fourth-order valence-electron chi connectivity index (χ4n) is 1.46. The van der Waals surface area contributed by atoms with Crippen LogP contribution in [0.4, 0.5) is 0 Å². The number of ether oxygens (including phenoxy) is 1. The molecule has 0 heterocycles. The van der Waals surface area contributed by atoms with Gasteiger partial charge in [0.25, 0.3) is 0 Å². The minimum Gasteiger partial charge on any atom is -0.508 e. The quantitative estimate of drug-likeness (QED) is 0.774. The second kappa shape index (κ2) is 4.82. The smallest absolute Gasteiger partial charge is 0.310 e. The Kier molecular flexibility index (Phi) is 3.72. The van der Waals surface area contributed by atoms with Gasteiger partial charge < -0.3 is 9.84 Å². The third-order valence-electron chi connectivity index (χ3n) is 2.40. The monoisotopic (exact) mass is 208 g/mol. The molecule has 0 atom stereocenters. The average molecular weight is 208 g/mol. The Morgan fingerprint density at radius 3 is 2.67 bits per heavy atom. The molecule has 1 N–H and O–H groups in total. The SMILES string of the molecule is CCOC(=O)Cc1cc(O)cc(C)c1C. The Labute approximate surface area is 89.7 Å². The van der Waals surface area contributed by atoms with Crippen molar-refractivity contribution in [3.8, 4) is 5.75 Å². The van der Waals surface area contributed by atoms with Gasteiger partial charge in [0.05, 0.1) is 13.0 Å². The number of hydrogen-bond acceptors (Lipinski definition) is 3. The van der Waals surface area contributed by atoms with Crippen LogP contribution >= 0.6 is 0 Å². The zero-order valence-electron chi connectivity index (χ0n) is 9.33. The summed E-state index contributed by atoms with van der Waals surface area (Å²) >= 11 is 0. The highest BCUT2D eigenvalue weighted by Gasteiger charge is 2.09. The number of esters is 1. The van der Waals surface area contributed by atoms with Crippen molar-refractivity contribution in [1.82, 2.24) is 0 Å². The molecule has 0 saturated heterocycles. The molecule has 1 rings (SSSR count). The lowest BCUT2D eigenvalue weighted by Crippen LogP contribution is -2.08. The third kappa shape index (κ3) is 2.98. The molecule has 3 nitrogen and oxygen atoms in total. The molecule has 0 saturated carbocycles. The largest absolute Gasteiger partial charge is 0.508 e. The van der Waals surface area contributed by atoms with E-state index in [0.717, 1.165) is 16.7 Å². The number of benzene rings is 1. The Morgan fingerprint density at radius 1 is 1.40 bits per heavy atom. The first-order valence-corrected chi connectivity index (χ1v) is 4.99. The molecule has 1 aromatic rings. The van der Waals surface area contributed by atoms with Gasteiger partial charge in [0.2, 0.25) is 0 Å². The molecule has 1 aromatic carbocycles. The minimum atomic E-state index is -0.259. The van der Waals surface area contributed by atoms with Crippen LogP contribution in [-0.2, 0) is 16.0 Å². The molecular formula is C12H16O3. The number of carbonyl (C=O) groups excluding carboxylic acids is 1. The molecule has 0 amide bonds. The van der Waals surface area contributed by atoms with Crippen LogP contribution in [0.1, 0.15) is 23.6 Å². The molecule has 0 radical (unpaired) electrons. The Morgan fingerprint density at radius 2 is 2.07 bits per heavy atom. The zero-order chi connectivity index (χ0) is 11.4. The van der Waals surface area contributed by atoms with Gasteiger partial charge in [-0.1, -0.05) is 0 Å². The van der Waals surface area contributed by atoms with Crippen molar-refractivity contribution in [3.05, 3.63) is 28.8 Å². The number of hydrogen-bond donors (Lipinski definition) is 1. The fraction of sp³-hybridized carbons (Fsp3) is 0.417. The molecule has 82 valence electrons. The maximum Gasteiger partial charge on any atom is 0.310 e. The summed E-state index contributed by atoms with van der Waals surface area (Å²) < 4.78 is 4.86. The van der Waals surface area contributed by atoms with E-state index in [2.05, 4.69) is 0 Å². The number of rotatable bonds is 3. The van der Waals surface area contributed by atoms with Crippen molar-refractivity contribution in [2.45, 2.75) is 27.2 Å². The zero-order valence-corrected chi connectivity index (χ0v) is 9.33. The lowest BCUT2D eigenvalue weighted by atomic mass is 10.0. The molecule has 0 aliphatic rings. The van der Waals surface area contributed by atoms with Gasteiger partial charge in [0.15, 0.2) is 0 Å². The first-order valence-electron chi connectivity index (χ1n) is 4.99. The van der Waals surface area contributed by atoms with Crippen LogP contribution in [0.2, 0.25) is 0 Å². The van der Waals surface area contributed by atoms with E-state index in [1.54, 1.807) is 19.1 Å². The van der Waals surface area contributed by atoms with E-state index in [-0.39, 0.29) is 18.1 Å². The van der Waals surface area contributed by atoms with Crippen molar-refractivity contribution >= 4 is 5.97 Å². The van der Waals surface area contributed by atoms with E-state index in [1.165, 1.54) is 0 Å². The number of aromatic hydroxyl groups is 1. The molecule has 0 aliphatic carbocycles. The maximum absolute atomic E-state index is 11.3. The average Bonchev–Trinajstić information content (AvgIpc) is 2.13. The Balaban J connectivity index is 2.89. The predicted octanol–water partition coefficient (Wildman–Crippen LogP) is 2.11. The molecule has 15 heavy (non-hydrogen) atoms. The second-order valence-electron chi connectivity index (χ2n) is 3.53. The van der Waals surface area contributed by atoms with E-state index < -0.39 is 0 Å². The van der Waals surface area contributed by atoms with Crippen LogP contribution in [0.25, 0.3) is 0 Å². The summed E-state index contributed by atoms with van der Waals surface area (Å²) in [5, 5.41) is 9.41. The molecule has 0 unspecified atom stereocenters.